The number of nitrogens with zero attached hydrogens (tertiary/aromatic N) is 2. The fraction of sp³-hybridized carbons (Fsp3) is 0.600. The summed E-state index contributed by atoms with van der Waals surface area (Å²) in [6, 6.07) is 1.62. The van der Waals surface area contributed by atoms with Gasteiger partial charge in [0.2, 0.25) is 0 Å². The van der Waals surface area contributed by atoms with E-state index in [0.717, 1.165) is 12.8 Å². The smallest absolute Gasteiger partial charge is 0.257 e. The molecule has 1 aromatic heterocycles. The number of pyridine rings is 1. The van der Waals surface area contributed by atoms with Crippen LogP contribution in [0.15, 0.2) is 12.3 Å². The van der Waals surface area contributed by atoms with Gasteiger partial charge in [0.05, 0.1) is 5.56 Å². The molecule has 2 heterocycles. The molecule has 1 fully saturated rings. The number of anilines is 1. The lowest BCUT2D eigenvalue weighted by Gasteiger charge is -2.37. The van der Waals surface area contributed by atoms with Gasteiger partial charge in [-0.05, 0) is 38.7 Å². The molecule has 1 N–H and O–H groups in total. The number of piperidine rings is 1. The van der Waals surface area contributed by atoms with E-state index in [-0.39, 0.29) is 23.3 Å². The molecule has 110 valence electrons. The lowest BCUT2D eigenvalue weighted by Crippen LogP contribution is -2.45. The Kier molecular flexibility index (Phi) is 4.57. The Morgan fingerprint density at radius 3 is 2.95 bits per heavy atom. The van der Waals surface area contributed by atoms with Crippen molar-refractivity contribution in [2.45, 2.75) is 39.7 Å². The normalized spacial score (nSPS) is 22.7. The van der Waals surface area contributed by atoms with Crippen molar-refractivity contribution < 1.29 is 9.18 Å². The Balaban J connectivity index is 2.26. The molecular weight excluding hydrogens is 257 g/mol. The number of hydrogen-bond acceptors (Lipinski definition) is 3. The first-order chi connectivity index (χ1) is 9.54. The predicted molar refractivity (Wildman–Crippen MR) is 77.3 cm³/mol. The van der Waals surface area contributed by atoms with Crippen LogP contribution in [0.5, 0.6) is 0 Å². The quantitative estimate of drug-likeness (QED) is 0.925. The molecule has 0 radical (unpaired) electrons. The van der Waals surface area contributed by atoms with Crippen LogP contribution >= 0.6 is 0 Å². The van der Waals surface area contributed by atoms with E-state index in [4.69, 9.17) is 0 Å². The summed E-state index contributed by atoms with van der Waals surface area (Å²) in [4.78, 5) is 18.3. The van der Waals surface area contributed by atoms with Crippen LogP contribution in [0.2, 0.25) is 0 Å². The number of carbonyl (C=O) groups is 1. The molecule has 1 amide bonds. The van der Waals surface area contributed by atoms with Crippen molar-refractivity contribution in [3.8, 4) is 0 Å². The summed E-state index contributed by atoms with van der Waals surface area (Å²) in [6.45, 7) is 7.27. The Hall–Kier alpha value is -1.65. The number of amides is 1. The van der Waals surface area contributed by atoms with Crippen molar-refractivity contribution in [1.29, 1.82) is 0 Å². The Morgan fingerprint density at radius 2 is 2.25 bits per heavy atom. The van der Waals surface area contributed by atoms with E-state index in [9.17, 15) is 9.18 Å². The topological polar surface area (TPSA) is 45.2 Å². The van der Waals surface area contributed by atoms with Crippen molar-refractivity contribution >= 4 is 11.7 Å². The lowest BCUT2D eigenvalue weighted by atomic mass is 9.94. The fourth-order valence-electron chi connectivity index (χ4n) is 2.63. The molecule has 0 aliphatic carbocycles. The van der Waals surface area contributed by atoms with Gasteiger partial charge in [-0.25, -0.2) is 9.37 Å². The van der Waals surface area contributed by atoms with Crippen molar-refractivity contribution in [2.75, 3.05) is 18.4 Å². The fourth-order valence-corrected chi connectivity index (χ4v) is 2.63. The van der Waals surface area contributed by atoms with E-state index >= 15 is 0 Å². The van der Waals surface area contributed by atoms with Gasteiger partial charge < -0.3 is 10.2 Å². The average molecular weight is 279 g/mol. The van der Waals surface area contributed by atoms with Crippen LogP contribution in [-0.2, 0) is 0 Å². The SMILES string of the molecule is CCNc1nccc(C(=O)N2CC(C)CCC2C)c1F. The van der Waals surface area contributed by atoms with Crippen molar-refractivity contribution in [1.82, 2.24) is 9.88 Å². The third kappa shape index (κ3) is 2.92. The third-order valence-corrected chi connectivity index (χ3v) is 3.84. The van der Waals surface area contributed by atoms with Crippen LogP contribution in [0.4, 0.5) is 10.2 Å². The zero-order valence-electron chi connectivity index (χ0n) is 12.3. The summed E-state index contributed by atoms with van der Waals surface area (Å²) < 4.78 is 14.3. The zero-order valence-corrected chi connectivity index (χ0v) is 12.3. The van der Waals surface area contributed by atoms with E-state index in [1.54, 1.807) is 4.90 Å². The number of aromatic nitrogens is 1. The summed E-state index contributed by atoms with van der Waals surface area (Å²) in [7, 11) is 0. The molecule has 1 aliphatic heterocycles. The maximum atomic E-state index is 14.3. The molecule has 0 saturated carbocycles. The maximum Gasteiger partial charge on any atom is 0.257 e. The van der Waals surface area contributed by atoms with Crippen LogP contribution in [0.3, 0.4) is 0 Å². The van der Waals surface area contributed by atoms with Crippen LogP contribution in [0, 0.1) is 11.7 Å². The molecule has 0 aromatic carbocycles. The summed E-state index contributed by atoms with van der Waals surface area (Å²) in [5, 5.41) is 2.84. The van der Waals surface area contributed by atoms with Crippen LogP contribution in [0.25, 0.3) is 0 Å². The Bertz CT molecular complexity index is 492. The van der Waals surface area contributed by atoms with Gasteiger partial charge in [-0.3, -0.25) is 4.79 Å². The monoisotopic (exact) mass is 279 g/mol. The molecule has 4 nitrogen and oxygen atoms in total. The van der Waals surface area contributed by atoms with Gasteiger partial charge in [-0.1, -0.05) is 6.92 Å². The molecule has 1 aliphatic rings. The number of carbonyl (C=O) groups excluding carboxylic acids is 1. The van der Waals surface area contributed by atoms with E-state index in [0.29, 0.717) is 19.0 Å². The molecular formula is C15H22FN3O. The highest BCUT2D eigenvalue weighted by atomic mass is 19.1. The van der Waals surface area contributed by atoms with Gasteiger partial charge in [0.25, 0.3) is 5.91 Å². The highest BCUT2D eigenvalue weighted by molar-refractivity contribution is 5.95. The minimum absolute atomic E-state index is 0.108. The predicted octanol–water partition coefficient (Wildman–Crippen LogP) is 2.91. The largest absolute Gasteiger partial charge is 0.368 e. The van der Waals surface area contributed by atoms with Crippen LogP contribution < -0.4 is 5.32 Å². The first-order valence-corrected chi connectivity index (χ1v) is 7.24. The van der Waals surface area contributed by atoms with E-state index < -0.39 is 5.82 Å². The Morgan fingerprint density at radius 1 is 1.50 bits per heavy atom. The first-order valence-electron chi connectivity index (χ1n) is 7.24. The van der Waals surface area contributed by atoms with E-state index in [1.165, 1.54) is 12.3 Å². The van der Waals surface area contributed by atoms with E-state index in [1.807, 2.05) is 13.8 Å². The third-order valence-electron chi connectivity index (χ3n) is 3.84. The van der Waals surface area contributed by atoms with Gasteiger partial charge in [-0.2, -0.15) is 0 Å². The molecule has 2 atom stereocenters. The van der Waals surface area contributed by atoms with Gasteiger partial charge >= 0.3 is 0 Å². The molecule has 0 bridgehead atoms. The van der Waals surface area contributed by atoms with Crippen molar-refractivity contribution in [3.63, 3.8) is 0 Å². The summed E-state index contributed by atoms with van der Waals surface area (Å²) in [5.41, 5.74) is 0.108. The summed E-state index contributed by atoms with van der Waals surface area (Å²) >= 11 is 0. The Labute approximate surface area is 119 Å². The average Bonchev–Trinajstić information content (AvgIpc) is 2.43. The highest BCUT2D eigenvalue weighted by Gasteiger charge is 2.29. The second-order valence-corrected chi connectivity index (χ2v) is 5.54. The number of nitrogens with one attached hydrogen (secondary N) is 1. The summed E-state index contributed by atoms with van der Waals surface area (Å²) in [6.07, 6.45) is 3.57. The van der Waals surface area contributed by atoms with Crippen molar-refractivity contribution in [3.05, 3.63) is 23.6 Å². The summed E-state index contributed by atoms with van der Waals surface area (Å²) in [5.74, 6) is -0.169. The molecule has 2 rings (SSSR count). The van der Waals surface area contributed by atoms with Gasteiger partial charge in [0, 0.05) is 25.3 Å². The molecule has 1 saturated heterocycles. The molecule has 0 spiro atoms. The molecule has 5 heteroatoms. The van der Waals surface area contributed by atoms with Gasteiger partial charge in [-0.15, -0.1) is 0 Å². The number of halogens is 1. The van der Waals surface area contributed by atoms with E-state index in [2.05, 4.69) is 17.2 Å². The minimum Gasteiger partial charge on any atom is -0.368 e. The molecule has 1 aromatic rings. The van der Waals surface area contributed by atoms with Gasteiger partial charge in [0.1, 0.15) is 0 Å². The minimum atomic E-state index is -0.551. The first kappa shape index (κ1) is 14.8. The maximum absolute atomic E-state index is 14.3. The van der Waals surface area contributed by atoms with Crippen LogP contribution in [-0.4, -0.2) is 34.9 Å². The van der Waals surface area contributed by atoms with Crippen LogP contribution in [0.1, 0.15) is 44.0 Å². The lowest BCUT2D eigenvalue weighted by molar-refractivity contribution is 0.0569. The number of rotatable bonds is 3. The van der Waals surface area contributed by atoms with Crippen molar-refractivity contribution in [2.24, 2.45) is 5.92 Å². The molecule has 2 unspecified atom stereocenters. The standard InChI is InChI=1S/C15H22FN3O/c1-4-17-14-13(16)12(7-8-18-14)15(20)19-9-10(2)5-6-11(19)3/h7-8,10-11H,4-6,9H2,1-3H3,(H,17,18). The number of likely N-dealkylation sites (tertiary alicyclic amines) is 1. The van der Waals surface area contributed by atoms with Gasteiger partial charge in [0.15, 0.2) is 11.6 Å². The second kappa shape index (κ2) is 6.20. The zero-order chi connectivity index (χ0) is 14.7. The molecule has 20 heavy (non-hydrogen) atoms. The second-order valence-electron chi connectivity index (χ2n) is 5.54. The highest BCUT2D eigenvalue weighted by Crippen LogP contribution is 2.25. The number of hydrogen-bond donors (Lipinski definition) is 1.